The van der Waals surface area contributed by atoms with Crippen LogP contribution < -0.4 is 0 Å². The van der Waals surface area contributed by atoms with E-state index in [0.717, 1.165) is 24.2 Å². The number of carboxylic acids is 1. The van der Waals surface area contributed by atoms with E-state index in [1.807, 2.05) is 42.5 Å². The van der Waals surface area contributed by atoms with Gasteiger partial charge in [0.25, 0.3) is 0 Å². The Morgan fingerprint density at radius 1 is 1.24 bits per heavy atom. The van der Waals surface area contributed by atoms with Gasteiger partial charge in [-0.15, -0.1) is 0 Å². The lowest BCUT2D eigenvalue weighted by molar-refractivity contribution is -0.138. The number of furan rings is 1. The van der Waals surface area contributed by atoms with Crippen molar-refractivity contribution in [1.29, 1.82) is 0 Å². The second-order valence-electron chi connectivity index (χ2n) is 5.51. The average molecular weight is 285 g/mol. The molecule has 1 saturated carbocycles. The molecule has 1 N–H and O–H groups in total. The molecule has 1 heterocycles. The van der Waals surface area contributed by atoms with E-state index >= 15 is 0 Å². The van der Waals surface area contributed by atoms with Crippen LogP contribution >= 0.6 is 0 Å². The molecule has 1 unspecified atom stereocenters. The SMILES string of the molecule is O=C(O)CC(c1ccccc1)N(Cc1ccco1)C1CC1. The van der Waals surface area contributed by atoms with E-state index < -0.39 is 5.97 Å². The van der Waals surface area contributed by atoms with Gasteiger partial charge in [-0.2, -0.15) is 0 Å². The number of nitrogens with zero attached hydrogens (tertiary/aromatic N) is 1. The number of hydrogen-bond acceptors (Lipinski definition) is 3. The lowest BCUT2D eigenvalue weighted by Gasteiger charge is -2.30. The largest absolute Gasteiger partial charge is 0.481 e. The van der Waals surface area contributed by atoms with Crippen molar-refractivity contribution in [1.82, 2.24) is 4.90 Å². The van der Waals surface area contributed by atoms with E-state index in [0.29, 0.717) is 12.6 Å². The van der Waals surface area contributed by atoms with Crippen LogP contribution in [-0.2, 0) is 11.3 Å². The minimum Gasteiger partial charge on any atom is -0.481 e. The molecule has 4 nitrogen and oxygen atoms in total. The summed E-state index contributed by atoms with van der Waals surface area (Å²) in [6.07, 6.45) is 4.03. The van der Waals surface area contributed by atoms with Gasteiger partial charge in [0.05, 0.1) is 19.2 Å². The highest BCUT2D eigenvalue weighted by Crippen LogP contribution is 2.37. The summed E-state index contributed by atoms with van der Waals surface area (Å²) in [5, 5.41) is 9.27. The third-order valence-electron chi connectivity index (χ3n) is 3.89. The van der Waals surface area contributed by atoms with Crippen molar-refractivity contribution in [2.75, 3.05) is 0 Å². The van der Waals surface area contributed by atoms with Crippen molar-refractivity contribution >= 4 is 5.97 Å². The minimum atomic E-state index is -0.769. The molecule has 0 amide bonds. The Labute approximate surface area is 124 Å². The summed E-state index contributed by atoms with van der Waals surface area (Å²) < 4.78 is 5.44. The first kappa shape index (κ1) is 13.9. The summed E-state index contributed by atoms with van der Waals surface area (Å²) >= 11 is 0. The van der Waals surface area contributed by atoms with Crippen LogP contribution in [0.5, 0.6) is 0 Å². The molecule has 1 aromatic heterocycles. The Balaban J connectivity index is 1.86. The lowest BCUT2D eigenvalue weighted by Crippen LogP contribution is -2.32. The number of benzene rings is 1. The van der Waals surface area contributed by atoms with Crippen molar-refractivity contribution in [3.63, 3.8) is 0 Å². The molecule has 1 atom stereocenters. The summed E-state index contributed by atoms with van der Waals surface area (Å²) in [5.41, 5.74) is 1.05. The van der Waals surface area contributed by atoms with Crippen molar-refractivity contribution in [2.45, 2.75) is 37.9 Å². The molecular weight excluding hydrogens is 266 g/mol. The molecule has 1 aliphatic rings. The van der Waals surface area contributed by atoms with Gasteiger partial charge >= 0.3 is 5.97 Å². The van der Waals surface area contributed by atoms with Gasteiger partial charge in [0.15, 0.2) is 0 Å². The molecule has 2 aromatic rings. The van der Waals surface area contributed by atoms with E-state index in [-0.39, 0.29) is 12.5 Å². The predicted molar refractivity (Wildman–Crippen MR) is 78.7 cm³/mol. The summed E-state index contributed by atoms with van der Waals surface area (Å²) in [6.45, 7) is 0.657. The molecular formula is C17H19NO3. The Morgan fingerprint density at radius 2 is 2.00 bits per heavy atom. The third-order valence-corrected chi connectivity index (χ3v) is 3.89. The normalized spacial score (nSPS) is 16.0. The molecule has 1 fully saturated rings. The first-order chi connectivity index (χ1) is 10.2. The van der Waals surface area contributed by atoms with E-state index in [2.05, 4.69) is 4.90 Å². The van der Waals surface area contributed by atoms with Crippen molar-refractivity contribution < 1.29 is 14.3 Å². The monoisotopic (exact) mass is 285 g/mol. The maximum absolute atomic E-state index is 11.3. The molecule has 110 valence electrons. The van der Waals surface area contributed by atoms with E-state index in [1.165, 1.54) is 0 Å². The molecule has 4 heteroatoms. The molecule has 0 bridgehead atoms. The summed E-state index contributed by atoms with van der Waals surface area (Å²) in [5.74, 6) is 0.113. The topological polar surface area (TPSA) is 53.7 Å². The Bertz CT molecular complexity index is 575. The Kier molecular flexibility index (Phi) is 4.06. The number of carbonyl (C=O) groups is 1. The standard InChI is InChI=1S/C17H19NO3/c19-17(20)11-16(13-5-2-1-3-6-13)18(14-8-9-14)12-15-7-4-10-21-15/h1-7,10,14,16H,8-9,11-12H2,(H,19,20). The average Bonchev–Trinajstić information content (AvgIpc) is 3.20. The molecule has 3 rings (SSSR count). The van der Waals surface area contributed by atoms with E-state index in [9.17, 15) is 9.90 Å². The first-order valence-electron chi connectivity index (χ1n) is 7.29. The second kappa shape index (κ2) is 6.14. The van der Waals surface area contributed by atoms with Gasteiger partial charge in [-0.25, -0.2) is 0 Å². The van der Waals surface area contributed by atoms with Crippen LogP contribution in [0.15, 0.2) is 53.1 Å². The number of hydrogen-bond donors (Lipinski definition) is 1. The molecule has 0 spiro atoms. The quantitative estimate of drug-likeness (QED) is 0.846. The fraction of sp³-hybridized carbons (Fsp3) is 0.353. The molecule has 0 radical (unpaired) electrons. The Morgan fingerprint density at radius 3 is 2.57 bits per heavy atom. The van der Waals surface area contributed by atoms with Crippen molar-refractivity contribution in [2.24, 2.45) is 0 Å². The zero-order valence-corrected chi connectivity index (χ0v) is 11.8. The van der Waals surface area contributed by atoms with Crippen molar-refractivity contribution in [3.8, 4) is 0 Å². The zero-order chi connectivity index (χ0) is 14.7. The van der Waals surface area contributed by atoms with Gasteiger partial charge in [-0.1, -0.05) is 30.3 Å². The highest BCUT2D eigenvalue weighted by atomic mass is 16.4. The van der Waals surface area contributed by atoms with E-state index in [4.69, 9.17) is 4.42 Å². The fourth-order valence-electron chi connectivity index (χ4n) is 2.75. The highest BCUT2D eigenvalue weighted by Gasteiger charge is 2.36. The van der Waals surface area contributed by atoms with Gasteiger partial charge in [0.2, 0.25) is 0 Å². The van der Waals surface area contributed by atoms with Crippen molar-refractivity contribution in [3.05, 3.63) is 60.1 Å². The van der Waals surface area contributed by atoms with Gasteiger partial charge in [-0.3, -0.25) is 9.69 Å². The van der Waals surface area contributed by atoms with Gasteiger partial charge in [0, 0.05) is 12.1 Å². The highest BCUT2D eigenvalue weighted by molar-refractivity contribution is 5.68. The lowest BCUT2D eigenvalue weighted by atomic mass is 10.0. The zero-order valence-electron chi connectivity index (χ0n) is 11.8. The van der Waals surface area contributed by atoms with Gasteiger partial charge in [0.1, 0.15) is 5.76 Å². The Hall–Kier alpha value is -2.07. The van der Waals surface area contributed by atoms with Crippen LogP contribution in [0.4, 0.5) is 0 Å². The van der Waals surface area contributed by atoms with Crippen LogP contribution in [0.1, 0.15) is 36.6 Å². The van der Waals surface area contributed by atoms with Gasteiger partial charge < -0.3 is 9.52 Å². The van der Waals surface area contributed by atoms with E-state index in [1.54, 1.807) is 6.26 Å². The minimum absolute atomic E-state index is 0.110. The number of carboxylic acid groups (broad SMARTS) is 1. The molecule has 0 aliphatic heterocycles. The maximum Gasteiger partial charge on any atom is 0.305 e. The summed E-state index contributed by atoms with van der Waals surface area (Å²) in [6, 6.07) is 14.0. The smallest absolute Gasteiger partial charge is 0.305 e. The summed E-state index contributed by atoms with van der Waals surface area (Å²) in [4.78, 5) is 13.5. The van der Waals surface area contributed by atoms with Crippen LogP contribution in [0.2, 0.25) is 0 Å². The fourth-order valence-corrected chi connectivity index (χ4v) is 2.75. The summed E-state index contributed by atoms with van der Waals surface area (Å²) in [7, 11) is 0. The maximum atomic E-state index is 11.3. The van der Waals surface area contributed by atoms with Crippen LogP contribution in [0.25, 0.3) is 0 Å². The predicted octanol–water partition coefficient (Wildman–Crippen LogP) is 3.46. The number of rotatable bonds is 7. The molecule has 21 heavy (non-hydrogen) atoms. The number of aliphatic carboxylic acids is 1. The second-order valence-corrected chi connectivity index (χ2v) is 5.51. The van der Waals surface area contributed by atoms with Crippen LogP contribution in [-0.4, -0.2) is 22.0 Å². The third kappa shape index (κ3) is 3.52. The molecule has 0 saturated heterocycles. The molecule has 1 aromatic carbocycles. The first-order valence-corrected chi connectivity index (χ1v) is 7.29. The van der Waals surface area contributed by atoms with Crippen LogP contribution in [0.3, 0.4) is 0 Å². The molecule has 1 aliphatic carbocycles. The van der Waals surface area contributed by atoms with Gasteiger partial charge in [-0.05, 0) is 30.5 Å². The van der Waals surface area contributed by atoms with Crippen LogP contribution in [0, 0.1) is 0 Å².